The molecule has 2 N–H and O–H groups in total. The van der Waals surface area contributed by atoms with E-state index in [0.717, 1.165) is 31.2 Å². The van der Waals surface area contributed by atoms with Gasteiger partial charge in [-0.15, -0.1) is 0 Å². The predicted molar refractivity (Wildman–Crippen MR) is 161 cm³/mol. The summed E-state index contributed by atoms with van der Waals surface area (Å²) in [5.41, 5.74) is 8.85. The van der Waals surface area contributed by atoms with Gasteiger partial charge in [-0.1, -0.05) is 74.8 Å². The highest BCUT2D eigenvalue weighted by Gasteiger charge is 2.40. The van der Waals surface area contributed by atoms with Crippen molar-refractivity contribution in [2.24, 2.45) is 10.7 Å². The number of halogens is 4. The first-order chi connectivity index (χ1) is 19.2. The molecule has 1 unspecified atom stereocenters. The fourth-order valence-corrected chi connectivity index (χ4v) is 5.06. The van der Waals surface area contributed by atoms with Gasteiger partial charge in [0.25, 0.3) is 6.02 Å². The smallest absolute Gasteiger partial charge is 0.283 e. The first-order valence-corrected chi connectivity index (χ1v) is 13.6. The Morgan fingerprint density at radius 3 is 1.95 bits per heavy atom. The molecule has 40 heavy (non-hydrogen) atoms. The van der Waals surface area contributed by atoms with Crippen LogP contribution in [-0.2, 0) is 10.3 Å². The number of hydrogen-bond acceptors (Lipinski definition) is 5. The number of hydrogen-bond donors (Lipinski definition) is 1. The number of methoxy groups -OCH3 is 2. The van der Waals surface area contributed by atoms with Crippen LogP contribution >= 0.6 is 31.9 Å². The molecule has 5 rings (SSSR count). The molecule has 9 heteroatoms. The molecule has 5 nitrogen and oxygen atoms in total. The summed E-state index contributed by atoms with van der Waals surface area (Å²) in [5.74, 6) is -0.411. The molecular weight excluding hydrogens is 646 g/mol. The standard InChI is InChI=1S/C16H14BrFN2O2.C15H12BrFO/c1-21-14-6-5-11(8-13(14)18)16(9-22-15(19)20-16)10-3-2-4-12(17)7-10;1-10(11-4-3-5-13(16)8-11)12-6-7-15(18-2)14(17)9-12/h2-8H,9H2,1H3,(H2,19,20);3-9H,1H2,2H3. The molecule has 0 aliphatic carbocycles. The summed E-state index contributed by atoms with van der Waals surface area (Å²) < 4.78 is 44.8. The highest BCUT2D eigenvalue weighted by atomic mass is 79.9. The van der Waals surface area contributed by atoms with E-state index in [4.69, 9.17) is 19.9 Å². The molecule has 0 radical (unpaired) electrons. The number of ether oxygens (including phenoxy) is 3. The molecule has 1 heterocycles. The lowest BCUT2D eigenvalue weighted by molar-refractivity contribution is 0.278. The van der Waals surface area contributed by atoms with E-state index in [0.29, 0.717) is 5.56 Å². The van der Waals surface area contributed by atoms with Crippen LogP contribution in [0.2, 0.25) is 0 Å². The zero-order chi connectivity index (χ0) is 28.9. The maximum absolute atomic E-state index is 14.1. The van der Waals surface area contributed by atoms with Gasteiger partial charge in [0.15, 0.2) is 28.7 Å². The van der Waals surface area contributed by atoms with Crippen LogP contribution in [0.3, 0.4) is 0 Å². The van der Waals surface area contributed by atoms with Crippen molar-refractivity contribution >= 4 is 43.5 Å². The lowest BCUT2D eigenvalue weighted by Crippen LogP contribution is -2.27. The van der Waals surface area contributed by atoms with Crippen LogP contribution in [0, 0.1) is 11.6 Å². The molecule has 0 saturated carbocycles. The Kier molecular flexibility index (Phi) is 9.27. The maximum atomic E-state index is 14.1. The first-order valence-electron chi connectivity index (χ1n) is 12.0. The van der Waals surface area contributed by atoms with Crippen LogP contribution in [-0.4, -0.2) is 26.8 Å². The third-order valence-electron chi connectivity index (χ3n) is 6.33. The van der Waals surface area contributed by atoms with Crippen LogP contribution in [0.4, 0.5) is 8.78 Å². The molecule has 0 spiro atoms. The summed E-state index contributed by atoms with van der Waals surface area (Å²) in [7, 11) is 2.87. The SMILES string of the molecule is C=C(c1cccc(Br)c1)c1ccc(OC)c(F)c1.COc1ccc(C2(c3cccc(Br)c3)COC(N)=N2)cc1F. The molecule has 4 aromatic carbocycles. The van der Waals surface area contributed by atoms with Gasteiger partial charge in [-0.25, -0.2) is 13.8 Å². The van der Waals surface area contributed by atoms with Crippen LogP contribution in [0.1, 0.15) is 22.3 Å². The van der Waals surface area contributed by atoms with E-state index < -0.39 is 11.4 Å². The molecule has 1 aliphatic heterocycles. The van der Waals surface area contributed by atoms with Crippen molar-refractivity contribution < 1.29 is 23.0 Å². The van der Waals surface area contributed by atoms with Crippen molar-refractivity contribution in [3.63, 3.8) is 0 Å². The van der Waals surface area contributed by atoms with Gasteiger partial charge >= 0.3 is 0 Å². The van der Waals surface area contributed by atoms with Crippen molar-refractivity contribution in [3.05, 3.63) is 134 Å². The molecule has 0 aromatic heterocycles. The highest BCUT2D eigenvalue weighted by molar-refractivity contribution is 9.10. The van der Waals surface area contributed by atoms with Crippen molar-refractivity contribution in [3.8, 4) is 11.5 Å². The highest BCUT2D eigenvalue weighted by Crippen LogP contribution is 2.39. The topological polar surface area (TPSA) is 66.1 Å². The van der Waals surface area contributed by atoms with E-state index in [1.165, 1.54) is 26.4 Å². The zero-order valence-corrected chi connectivity index (χ0v) is 24.9. The third-order valence-corrected chi connectivity index (χ3v) is 7.32. The second-order valence-corrected chi connectivity index (χ2v) is 10.6. The number of amidine groups is 1. The molecule has 0 amide bonds. The number of rotatable bonds is 6. The largest absolute Gasteiger partial charge is 0.494 e. The summed E-state index contributed by atoms with van der Waals surface area (Å²) in [6, 6.07) is 25.1. The molecule has 0 fully saturated rings. The van der Waals surface area contributed by atoms with E-state index in [1.807, 2.05) is 48.5 Å². The first kappa shape index (κ1) is 29.3. The normalized spacial score (nSPS) is 15.8. The fraction of sp³-hybridized carbons (Fsp3) is 0.129. The summed E-state index contributed by atoms with van der Waals surface area (Å²) in [6.07, 6.45) is 0. The maximum Gasteiger partial charge on any atom is 0.283 e. The zero-order valence-electron chi connectivity index (χ0n) is 21.8. The van der Waals surface area contributed by atoms with Gasteiger partial charge < -0.3 is 19.9 Å². The van der Waals surface area contributed by atoms with Crippen molar-refractivity contribution in [2.75, 3.05) is 20.8 Å². The minimum Gasteiger partial charge on any atom is -0.494 e. The van der Waals surface area contributed by atoms with E-state index in [1.54, 1.807) is 24.3 Å². The Hall–Kier alpha value is -3.69. The van der Waals surface area contributed by atoms with E-state index in [-0.39, 0.29) is 29.9 Å². The van der Waals surface area contributed by atoms with E-state index >= 15 is 0 Å². The molecular formula is C31H26Br2F2N2O3. The fourth-order valence-electron chi connectivity index (χ4n) is 4.26. The van der Waals surface area contributed by atoms with Crippen molar-refractivity contribution in [1.29, 1.82) is 0 Å². The Morgan fingerprint density at radius 2 is 1.40 bits per heavy atom. The summed E-state index contributed by atoms with van der Waals surface area (Å²) >= 11 is 6.85. The Morgan fingerprint density at radius 1 is 0.825 bits per heavy atom. The minimum absolute atomic E-state index is 0.0937. The van der Waals surface area contributed by atoms with Gasteiger partial charge in [-0.05, 0) is 76.4 Å². The Labute approximate surface area is 248 Å². The predicted octanol–water partition coefficient (Wildman–Crippen LogP) is 7.84. The average molecular weight is 672 g/mol. The van der Waals surface area contributed by atoms with Crippen molar-refractivity contribution in [2.45, 2.75) is 5.54 Å². The monoisotopic (exact) mass is 670 g/mol. The Balaban J connectivity index is 0.000000189. The third kappa shape index (κ3) is 6.37. The van der Waals surface area contributed by atoms with E-state index in [2.05, 4.69) is 43.4 Å². The lowest BCUT2D eigenvalue weighted by atomic mass is 9.84. The summed E-state index contributed by atoms with van der Waals surface area (Å²) in [5, 5.41) is 0. The molecule has 1 atom stereocenters. The second-order valence-electron chi connectivity index (χ2n) is 8.80. The van der Waals surface area contributed by atoms with Gasteiger partial charge in [0, 0.05) is 8.95 Å². The Bertz CT molecular complexity index is 1580. The molecule has 206 valence electrons. The number of benzene rings is 4. The molecule has 0 bridgehead atoms. The number of nitrogens with zero attached hydrogens (tertiary/aromatic N) is 1. The second kappa shape index (κ2) is 12.7. The van der Waals surface area contributed by atoms with E-state index in [9.17, 15) is 8.78 Å². The minimum atomic E-state index is -0.860. The van der Waals surface area contributed by atoms with Gasteiger partial charge in [0.1, 0.15) is 6.61 Å². The summed E-state index contributed by atoms with van der Waals surface area (Å²) in [4.78, 5) is 4.44. The van der Waals surface area contributed by atoms with Gasteiger partial charge in [-0.3, -0.25) is 0 Å². The molecule has 4 aromatic rings. The molecule has 1 aliphatic rings. The number of aliphatic imine (C=N–C) groups is 1. The van der Waals surface area contributed by atoms with Crippen LogP contribution in [0.5, 0.6) is 11.5 Å². The average Bonchev–Trinajstić information content (AvgIpc) is 3.35. The summed E-state index contributed by atoms with van der Waals surface area (Å²) in [6.45, 7) is 4.23. The van der Waals surface area contributed by atoms with Crippen LogP contribution < -0.4 is 15.2 Å². The number of nitrogens with two attached hydrogens (primary N) is 1. The van der Waals surface area contributed by atoms with Crippen molar-refractivity contribution in [1.82, 2.24) is 0 Å². The van der Waals surface area contributed by atoms with Crippen LogP contribution in [0.25, 0.3) is 5.57 Å². The van der Waals surface area contributed by atoms with Gasteiger partial charge in [-0.2, -0.15) is 0 Å². The van der Waals surface area contributed by atoms with Gasteiger partial charge in [0.05, 0.1) is 14.2 Å². The van der Waals surface area contributed by atoms with Gasteiger partial charge in [0.2, 0.25) is 0 Å². The lowest BCUT2D eigenvalue weighted by Gasteiger charge is -2.25. The quantitative estimate of drug-likeness (QED) is 0.227. The molecule has 0 saturated heterocycles. The van der Waals surface area contributed by atoms with Crippen LogP contribution in [0.15, 0.2) is 105 Å².